The van der Waals surface area contributed by atoms with Gasteiger partial charge in [-0.15, -0.1) is 0 Å². The van der Waals surface area contributed by atoms with Crippen LogP contribution in [0.3, 0.4) is 0 Å². The van der Waals surface area contributed by atoms with Crippen molar-refractivity contribution in [2.24, 2.45) is 5.92 Å². The topological polar surface area (TPSA) is 30.2 Å². The maximum absolute atomic E-state index is 11.4. The molecule has 1 aliphatic carbocycles. The van der Waals surface area contributed by atoms with E-state index < -0.39 is 0 Å². The molecular weight excluding hydrogens is 188 g/mol. The minimum Gasteiger partial charge on any atom is -0.442 e. The zero-order valence-electron chi connectivity index (χ0n) is 7.25. The summed E-state index contributed by atoms with van der Waals surface area (Å²) >= 11 is 5.56. The Balaban J connectivity index is 1.88. The Morgan fingerprint density at radius 1 is 1.54 bits per heavy atom. The summed E-state index contributed by atoms with van der Waals surface area (Å²) in [5.41, 5.74) is 0. The number of carbonyl (C=O) groups is 1. The predicted octanol–water partition coefficient (Wildman–Crippen LogP) is 3.31. The van der Waals surface area contributed by atoms with Crippen molar-refractivity contribution in [3.05, 3.63) is 23.1 Å². The van der Waals surface area contributed by atoms with Crippen LogP contribution in [0.5, 0.6) is 0 Å². The molecule has 0 amide bonds. The summed E-state index contributed by atoms with van der Waals surface area (Å²) in [6.07, 6.45) is 4.16. The SMILES string of the molecule is O=C(CCC1CC1)c1ccc(Cl)o1. The largest absolute Gasteiger partial charge is 0.442 e. The van der Waals surface area contributed by atoms with Gasteiger partial charge in [-0.1, -0.05) is 12.8 Å². The van der Waals surface area contributed by atoms with Crippen LogP contribution in [0.2, 0.25) is 5.22 Å². The molecule has 0 saturated heterocycles. The van der Waals surface area contributed by atoms with Gasteiger partial charge in [0.25, 0.3) is 0 Å². The average Bonchev–Trinajstić information content (AvgIpc) is 2.84. The summed E-state index contributed by atoms with van der Waals surface area (Å²) in [4.78, 5) is 11.4. The molecule has 0 aliphatic heterocycles. The number of carbonyl (C=O) groups excluding carboxylic acids is 1. The van der Waals surface area contributed by atoms with Crippen LogP contribution in [0.25, 0.3) is 0 Å². The lowest BCUT2D eigenvalue weighted by Crippen LogP contribution is -1.96. The predicted molar refractivity (Wildman–Crippen MR) is 50.0 cm³/mol. The van der Waals surface area contributed by atoms with Crippen molar-refractivity contribution in [2.45, 2.75) is 25.7 Å². The molecule has 70 valence electrons. The molecule has 0 unspecified atom stereocenters. The number of hydrogen-bond donors (Lipinski definition) is 0. The Kier molecular flexibility index (Phi) is 2.40. The number of Topliss-reactive ketones (excluding diaryl/α,β-unsaturated/α-hetero) is 1. The Labute approximate surface area is 81.9 Å². The summed E-state index contributed by atoms with van der Waals surface area (Å²) in [6, 6.07) is 3.24. The molecule has 0 atom stereocenters. The van der Waals surface area contributed by atoms with Crippen molar-refractivity contribution in [1.29, 1.82) is 0 Å². The molecule has 0 bridgehead atoms. The quantitative estimate of drug-likeness (QED) is 0.695. The summed E-state index contributed by atoms with van der Waals surface area (Å²) in [6.45, 7) is 0. The van der Waals surface area contributed by atoms with Crippen LogP contribution in [-0.4, -0.2) is 5.78 Å². The van der Waals surface area contributed by atoms with Crippen LogP contribution in [0.1, 0.15) is 36.2 Å². The molecular formula is C10H11ClO2. The lowest BCUT2D eigenvalue weighted by molar-refractivity contribution is 0.0951. The lowest BCUT2D eigenvalue weighted by atomic mass is 10.1. The fraction of sp³-hybridized carbons (Fsp3) is 0.500. The molecule has 0 spiro atoms. The Morgan fingerprint density at radius 2 is 2.31 bits per heavy atom. The van der Waals surface area contributed by atoms with E-state index in [0.717, 1.165) is 12.3 Å². The van der Waals surface area contributed by atoms with Crippen LogP contribution in [-0.2, 0) is 0 Å². The van der Waals surface area contributed by atoms with Gasteiger partial charge in [0.2, 0.25) is 0 Å². The fourth-order valence-electron chi connectivity index (χ4n) is 1.33. The molecule has 3 heteroatoms. The normalized spacial score (nSPS) is 16.1. The van der Waals surface area contributed by atoms with Crippen molar-refractivity contribution in [3.63, 3.8) is 0 Å². The maximum atomic E-state index is 11.4. The second kappa shape index (κ2) is 3.54. The lowest BCUT2D eigenvalue weighted by Gasteiger charge is -1.94. The molecule has 1 aliphatic rings. The highest BCUT2D eigenvalue weighted by molar-refractivity contribution is 6.29. The van der Waals surface area contributed by atoms with Crippen molar-refractivity contribution >= 4 is 17.4 Å². The van der Waals surface area contributed by atoms with Gasteiger partial charge in [0.15, 0.2) is 16.8 Å². The van der Waals surface area contributed by atoms with Crippen molar-refractivity contribution in [2.75, 3.05) is 0 Å². The van der Waals surface area contributed by atoms with Gasteiger partial charge in [0.1, 0.15) is 0 Å². The third-order valence-corrected chi connectivity index (χ3v) is 2.53. The van der Waals surface area contributed by atoms with Gasteiger partial charge in [-0.05, 0) is 36.1 Å². The molecule has 1 aromatic rings. The summed E-state index contributed by atoms with van der Waals surface area (Å²) in [7, 11) is 0. The van der Waals surface area contributed by atoms with Gasteiger partial charge in [0.05, 0.1) is 0 Å². The van der Waals surface area contributed by atoms with E-state index in [1.807, 2.05) is 0 Å². The average molecular weight is 199 g/mol. The van der Waals surface area contributed by atoms with Crippen molar-refractivity contribution < 1.29 is 9.21 Å². The molecule has 1 fully saturated rings. The van der Waals surface area contributed by atoms with Gasteiger partial charge >= 0.3 is 0 Å². The molecule has 0 N–H and O–H groups in total. The molecule has 2 rings (SSSR count). The van der Waals surface area contributed by atoms with E-state index in [0.29, 0.717) is 12.2 Å². The van der Waals surface area contributed by atoms with Crippen LogP contribution in [0, 0.1) is 5.92 Å². The Morgan fingerprint density at radius 3 is 2.85 bits per heavy atom. The maximum Gasteiger partial charge on any atom is 0.198 e. The molecule has 1 aromatic heterocycles. The van der Waals surface area contributed by atoms with E-state index >= 15 is 0 Å². The van der Waals surface area contributed by atoms with E-state index in [-0.39, 0.29) is 11.0 Å². The molecule has 0 radical (unpaired) electrons. The van der Waals surface area contributed by atoms with Gasteiger partial charge in [-0.2, -0.15) is 0 Å². The van der Waals surface area contributed by atoms with Crippen LogP contribution >= 0.6 is 11.6 Å². The van der Waals surface area contributed by atoms with E-state index in [9.17, 15) is 4.79 Å². The molecule has 13 heavy (non-hydrogen) atoms. The zero-order chi connectivity index (χ0) is 9.26. The zero-order valence-corrected chi connectivity index (χ0v) is 8.01. The standard InChI is InChI=1S/C10H11ClO2/c11-10-6-5-9(13-10)8(12)4-3-7-1-2-7/h5-7H,1-4H2. The molecule has 0 aromatic carbocycles. The third kappa shape index (κ3) is 2.34. The van der Waals surface area contributed by atoms with Gasteiger partial charge < -0.3 is 4.42 Å². The van der Waals surface area contributed by atoms with E-state index in [4.69, 9.17) is 16.0 Å². The first-order valence-corrected chi connectivity index (χ1v) is 4.92. The van der Waals surface area contributed by atoms with Gasteiger partial charge in [0, 0.05) is 6.42 Å². The van der Waals surface area contributed by atoms with Crippen LogP contribution < -0.4 is 0 Å². The molecule has 1 heterocycles. The van der Waals surface area contributed by atoms with Crippen molar-refractivity contribution in [3.8, 4) is 0 Å². The van der Waals surface area contributed by atoms with Crippen LogP contribution in [0.4, 0.5) is 0 Å². The minimum absolute atomic E-state index is 0.0683. The summed E-state index contributed by atoms with van der Waals surface area (Å²) < 4.78 is 5.01. The number of ketones is 1. The van der Waals surface area contributed by atoms with E-state index in [1.54, 1.807) is 12.1 Å². The minimum atomic E-state index is 0.0683. The number of furan rings is 1. The summed E-state index contributed by atoms with van der Waals surface area (Å²) in [5, 5.41) is 0.287. The smallest absolute Gasteiger partial charge is 0.198 e. The van der Waals surface area contributed by atoms with E-state index in [1.165, 1.54) is 12.8 Å². The van der Waals surface area contributed by atoms with Crippen molar-refractivity contribution in [1.82, 2.24) is 0 Å². The highest BCUT2D eigenvalue weighted by atomic mass is 35.5. The monoisotopic (exact) mass is 198 g/mol. The van der Waals surface area contributed by atoms with E-state index in [2.05, 4.69) is 0 Å². The second-order valence-corrected chi connectivity index (χ2v) is 3.88. The number of halogens is 1. The summed E-state index contributed by atoms with van der Waals surface area (Å²) in [5.74, 6) is 1.25. The molecule has 1 saturated carbocycles. The first-order valence-electron chi connectivity index (χ1n) is 4.54. The highest BCUT2D eigenvalue weighted by Gasteiger charge is 2.22. The first-order chi connectivity index (χ1) is 6.25. The molecule has 2 nitrogen and oxygen atoms in total. The Hall–Kier alpha value is -0.760. The first kappa shape index (κ1) is 8.82. The highest BCUT2D eigenvalue weighted by Crippen LogP contribution is 2.34. The van der Waals surface area contributed by atoms with Gasteiger partial charge in [-0.25, -0.2) is 0 Å². The number of rotatable bonds is 4. The fourth-order valence-corrected chi connectivity index (χ4v) is 1.48. The van der Waals surface area contributed by atoms with Gasteiger partial charge in [-0.3, -0.25) is 4.79 Å². The second-order valence-electron chi connectivity index (χ2n) is 3.51. The third-order valence-electron chi connectivity index (χ3n) is 2.32. The Bertz CT molecular complexity index is 312. The number of hydrogen-bond acceptors (Lipinski definition) is 2. The van der Waals surface area contributed by atoms with Crippen LogP contribution in [0.15, 0.2) is 16.5 Å².